The van der Waals surface area contributed by atoms with E-state index < -0.39 is 6.09 Å². The topological polar surface area (TPSA) is 66.8 Å². The molecule has 5 heteroatoms. The van der Waals surface area contributed by atoms with Crippen LogP contribution < -0.4 is 0 Å². The van der Waals surface area contributed by atoms with Crippen LogP contribution in [0.1, 0.15) is 32.6 Å². The van der Waals surface area contributed by atoms with Gasteiger partial charge < -0.3 is 14.7 Å². The molecule has 0 bridgehead atoms. The summed E-state index contributed by atoms with van der Waals surface area (Å²) in [4.78, 5) is 23.2. The van der Waals surface area contributed by atoms with Gasteiger partial charge in [0, 0.05) is 19.2 Å². The Bertz CT molecular complexity index is 306. The maximum atomic E-state index is 11.0. The molecule has 102 valence electrons. The molecule has 1 fully saturated rings. The summed E-state index contributed by atoms with van der Waals surface area (Å²) >= 11 is 0. The largest absolute Gasteiger partial charge is 0.465 e. The molecule has 0 atom stereocenters. The Labute approximate surface area is 107 Å². The van der Waals surface area contributed by atoms with E-state index in [0.717, 1.165) is 25.7 Å². The van der Waals surface area contributed by atoms with Gasteiger partial charge in [0.1, 0.15) is 0 Å². The van der Waals surface area contributed by atoms with Crippen LogP contribution in [-0.4, -0.2) is 41.8 Å². The second-order valence-electron chi connectivity index (χ2n) is 4.44. The fourth-order valence-electron chi connectivity index (χ4n) is 2.11. The van der Waals surface area contributed by atoms with Crippen LogP contribution in [-0.2, 0) is 9.53 Å². The third-order valence-corrected chi connectivity index (χ3v) is 3.17. The molecule has 18 heavy (non-hydrogen) atoms. The summed E-state index contributed by atoms with van der Waals surface area (Å²) in [5.74, 6) is 0.269. The fraction of sp³-hybridized carbons (Fsp3) is 0.692. The van der Waals surface area contributed by atoms with Crippen molar-refractivity contribution in [3.05, 3.63) is 12.2 Å². The van der Waals surface area contributed by atoms with Gasteiger partial charge in [-0.15, -0.1) is 0 Å². The van der Waals surface area contributed by atoms with E-state index in [-0.39, 0.29) is 5.97 Å². The Morgan fingerprint density at radius 3 is 2.61 bits per heavy atom. The van der Waals surface area contributed by atoms with E-state index in [1.54, 1.807) is 6.92 Å². The van der Waals surface area contributed by atoms with Crippen molar-refractivity contribution < 1.29 is 19.4 Å². The van der Waals surface area contributed by atoms with Gasteiger partial charge in [0.15, 0.2) is 0 Å². The fourth-order valence-corrected chi connectivity index (χ4v) is 2.11. The molecular weight excluding hydrogens is 234 g/mol. The predicted octanol–water partition coefficient (Wildman–Crippen LogP) is 2.28. The zero-order chi connectivity index (χ0) is 13.4. The number of hydrogen-bond acceptors (Lipinski definition) is 3. The molecule has 1 aliphatic heterocycles. The van der Waals surface area contributed by atoms with Gasteiger partial charge in [-0.25, -0.2) is 9.59 Å². The van der Waals surface area contributed by atoms with Crippen molar-refractivity contribution in [3.8, 4) is 0 Å². The van der Waals surface area contributed by atoms with E-state index in [1.165, 1.54) is 11.0 Å². The van der Waals surface area contributed by atoms with Crippen molar-refractivity contribution in [1.82, 2.24) is 4.90 Å². The Balaban J connectivity index is 2.14. The van der Waals surface area contributed by atoms with E-state index in [0.29, 0.717) is 25.6 Å². The lowest BCUT2D eigenvalue weighted by molar-refractivity contribution is -0.137. The number of carboxylic acid groups (broad SMARTS) is 1. The summed E-state index contributed by atoms with van der Waals surface area (Å²) in [6.45, 7) is 3.43. The van der Waals surface area contributed by atoms with Crippen LogP contribution in [0.5, 0.6) is 0 Å². The molecule has 0 spiro atoms. The molecule has 0 radical (unpaired) electrons. The number of ether oxygens (including phenoxy) is 1. The molecule has 0 saturated carbocycles. The first-order chi connectivity index (χ1) is 8.63. The number of piperidine rings is 1. The maximum absolute atomic E-state index is 11.0. The van der Waals surface area contributed by atoms with Gasteiger partial charge in [-0.1, -0.05) is 6.08 Å². The monoisotopic (exact) mass is 255 g/mol. The minimum Gasteiger partial charge on any atom is -0.465 e. The lowest BCUT2D eigenvalue weighted by Crippen LogP contribution is -2.37. The first kappa shape index (κ1) is 14.5. The van der Waals surface area contributed by atoms with Crippen molar-refractivity contribution in [1.29, 1.82) is 0 Å². The lowest BCUT2D eigenvalue weighted by Gasteiger charge is -2.29. The first-order valence-corrected chi connectivity index (χ1v) is 6.44. The highest BCUT2D eigenvalue weighted by Crippen LogP contribution is 2.21. The molecule has 0 aromatic rings. The lowest BCUT2D eigenvalue weighted by atomic mass is 9.92. The summed E-state index contributed by atoms with van der Waals surface area (Å²) in [5.41, 5.74) is 0. The number of rotatable bonds is 5. The van der Waals surface area contributed by atoms with Crippen LogP contribution in [0.4, 0.5) is 4.79 Å². The van der Waals surface area contributed by atoms with Crippen molar-refractivity contribution in [3.63, 3.8) is 0 Å². The van der Waals surface area contributed by atoms with Crippen LogP contribution in [0.15, 0.2) is 12.2 Å². The van der Waals surface area contributed by atoms with Crippen molar-refractivity contribution in [2.24, 2.45) is 5.92 Å². The average Bonchev–Trinajstić information content (AvgIpc) is 2.35. The minimum absolute atomic E-state index is 0.293. The molecular formula is C13H21NO4. The molecule has 1 rings (SSSR count). The molecule has 1 saturated heterocycles. The zero-order valence-electron chi connectivity index (χ0n) is 10.8. The van der Waals surface area contributed by atoms with Gasteiger partial charge in [0.25, 0.3) is 0 Å². The highest BCUT2D eigenvalue weighted by Gasteiger charge is 2.21. The van der Waals surface area contributed by atoms with E-state index >= 15 is 0 Å². The number of amides is 1. The van der Waals surface area contributed by atoms with Gasteiger partial charge in [-0.3, -0.25) is 0 Å². The predicted molar refractivity (Wildman–Crippen MR) is 67.3 cm³/mol. The number of carbonyl (C=O) groups is 2. The van der Waals surface area contributed by atoms with Crippen LogP contribution in [0.2, 0.25) is 0 Å². The van der Waals surface area contributed by atoms with Gasteiger partial charge in [0.2, 0.25) is 0 Å². The summed E-state index contributed by atoms with van der Waals surface area (Å²) in [5, 5.41) is 8.81. The summed E-state index contributed by atoms with van der Waals surface area (Å²) in [6, 6.07) is 0. The zero-order valence-corrected chi connectivity index (χ0v) is 10.8. The molecule has 0 aromatic carbocycles. The summed E-state index contributed by atoms with van der Waals surface area (Å²) in [7, 11) is 0. The van der Waals surface area contributed by atoms with Crippen LogP contribution in [0.25, 0.3) is 0 Å². The van der Waals surface area contributed by atoms with E-state index in [2.05, 4.69) is 0 Å². The number of nitrogens with zero attached hydrogens (tertiary/aromatic N) is 1. The molecule has 0 unspecified atom stereocenters. The van der Waals surface area contributed by atoms with E-state index in [9.17, 15) is 9.59 Å². The van der Waals surface area contributed by atoms with Crippen molar-refractivity contribution in [2.75, 3.05) is 19.7 Å². The molecule has 1 amide bonds. The molecule has 1 heterocycles. The normalized spacial score (nSPS) is 17.1. The Hall–Kier alpha value is -1.52. The summed E-state index contributed by atoms with van der Waals surface area (Å²) in [6.07, 6.45) is 6.16. The first-order valence-electron chi connectivity index (χ1n) is 6.44. The quantitative estimate of drug-likeness (QED) is 0.604. The molecule has 5 nitrogen and oxygen atoms in total. The van der Waals surface area contributed by atoms with E-state index in [1.807, 2.05) is 6.08 Å². The Morgan fingerprint density at radius 2 is 2.06 bits per heavy atom. The third-order valence-electron chi connectivity index (χ3n) is 3.17. The number of esters is 1. The van der Waals surface area contributed by atoms with Gasteiger partial charge in [-0.2, -0.15) is 0 Å². The molecule has 0 aromatic heterocycles. The highest BCUT2D eigenvalue weighted by atomic mass is 16.5. The standard InChI is InChI=1S/C13H21NO4/c1-2-18-12(15)6-4-3-5-11-7-9-14(10-8-11)13(16)17/h4,6,11H,2-3,5,7-10H2,1H3,(H,16,17). The average molecular weight is 255 g/mol. The van der Waals surface area contributed by atoms with Crippen LogP contribution in [0.3, 0.4) is 0 Å². The second kappa shape index (κ2) is 7.74. The van der Waals surface area contributed by atoms with Gasteiger partial charge >= 0.3 is 12.1 Å². The van der Waals surface area contributed by atoms with Crippen molar-refractivity contribution >= 4 is 12.1 Å². The van der Waals surface area contributed by atoms with E-state index in [4.69, 9.17) is 9.84 Å². The smallest absolute Gasteiger partial charge is 0.407 e. The van der Waals surface area contributed by atoms with Crippen LogP contribution >= 0.6 is 0 Å². The molecule has 1 N–H and O–H groups in total. The number of allylic oxidation sites excluding steroid dienone is 1. The number of carbonyl (C=O) groups excluding carboxylic acids is 1. The Morgan fingerprint density at radius 1 is 1.39 bits per heavy atom. The number of hydrogen-bond donors (Lipinski definition) is 1. The SMILES string of the molecule is CCOC(=O)C=CCCC1CCN(C(=O)O)CC1. The maximum Gasteiger partial charge on any atom is 0.407 e. The second-order valence-corrected chi connectivity index (χ2v) is 4.44. The van der Waals surface area contributed by atoms with Crippen molar-refractivity contribution in [2.45, 2.75) is 32.6 Å². The van der Waals surface area contributed by atoms with Gasteiger partial charge in [0.05, 0.1) is 6.61 Å². The third kappa shape index (κ3) is 5.21. The summed E-state index contributed by atoms with van der Waals surface area (Å²) < 4.78 is 4.78. The van der Waals surface area contributed by atoms with Crippen LogP contribution in [0, 0.1) is 5.92 Å². The van der Waals surface area contributed by atoms with Gasteiger partial charge in [-0.05, 0) is 38.5 Å². The highest BCUT2D eigenvalue weighted by molar-refractivity contribution is 5.81. The molecule has 0 aliphatic carbocycles. The Kier molecular flexibility index (Phi) is 6.25. The number of likely N-dealkylation sites (tertiary alicyclic amines) is 1. The molecule has 1 aliphatic rings. The minimum atomic E-state index is -0.823.